The van der Waals surface area contributed by atoms with Crippen molar-refractivity contribution >= 4 is 5.91 Å². The lowest BCUT2D eigenvalue weighted by Crippen LogP contribution is -2.45. The number of rotatable bonds is 3. The fraction of sp³-hybridized carbons (Fsp3) is 0.727. The second kappa shape index (κ2) is 5.45. The van der Waals surface area contributed by atoms with E-state index in [-0.39, 0.29) is 18.6 Å². The van der Waals surface area contributed by atoms with E-state index in [4.69, 9.17) is 4.74 Å². The molecule has 1 N–H and O–H groups in total. The largest absolute Gasteiger partial charge is 0.387 e. The van der Waals surface area contributed by atoms with Gasteiger partial charge in [0.25, 0.3) is 0 Å². The number of morpholine rings is 1. The maximum atomic E-state index is 12.0. The normalized spacial score (nSPS) is 21.9. The van der Waals surface area contributed by atoms with E-state index in [0.29, 0.717) is 25.4 Å². The van der Waals surface area contributed by atoms with Gasteiger partial charge in [0.1, 0.15) is 12.2 Å². The van der Waals surface area contributed by atoms with Crippen molar-refractivity contribution in [3.63, 3.8) is 0 Å². The van der Waals surface area contributed by atoms with Gasteiger partial charge in [0, 0.05) is 13.1 Å². The predicted octanol–water partition coefficient (Wildman–Crippen LogP) is -0.421. The standard InChI is InChI=1S/C11H18N4O3/c1-8-5-14(3-4-18-8)11(17)7-15-6-10(9(2)16)12-13-15/h6,8-9,16H,3-5,7H2,1-2H3. The average Bonchev–Trinajstić information content (AvgIpc) is 2.77. The van der Waals surface area contributed by atoms with E-state index >= 15 is 0 Å². The third-order valence-corrected chi connectivity index (χ3v) is 2.88. The minimum Gasteiger partial charge on any atom is -0.387 e. The molecule has 1 amide bonds. The molecule has 2 unspecified atom stereocenters. The molecule has 18 heavy (non-hydrogen) atoms. The smallest absolute Gasteiger partial charge is 0.244 e. The van der Waals surface area contributed by atoms with Gasteiger partial charge in [-0.2, -0.15) is 0 Å². The number of aliphatic hydroxyl groups excluding tert-OH is 1. The first-order chi connectivity index (χ1) is 8.56. The number of ether oxygens (including phenoxy) is 1. The highest BCUT2D eigenvalue weighted by Gasteiger charge is 2.21. The summed E-state index contributed by atoms with van der Waals surface area (Å²) >= 11 is 0. The highest BCUT2D eigenvalue weighted by molar-refractivity contribution is 5.76. The number of carbonyl (C=O) groups excluding carboxylic acids is 1. The van der Waals surface area contributed by atoms with Crippen LogP contribution in [0.1, 0.15) is 25.6 Å². The van der Waals surface area contributed by atoms with E-state index in [0.717, 1.165) is 0 Å². The summed E-state index contributed by atoms with van der Waals surface area (Å²) in [5.41, 5.74) is 0.471. The van der Waals surface area contributed by atoms with Crippen LogP contribution in [-0.4, -0.2) is 56.7 Å². The summed E-state index contributed by atoms with van der Waals surface area (Å²) in [6, 6.07) is 0. The molecule has 7 nitrogen and oxygen atoms in total. The van der Waals surface area contributed by atoms with E-state index in [1.54, 1.807) is 18.0 Å². The third-order valence-electron chi connectivity index (χ3n) is 2.88. The number of aromatic nitrogens is 3. The Labute approximate surface area is 105 Å². The molecular weight excluding hydrogens is 236 g/mol. The van der Waals surface area contributed by atoms with Gasteiger partial charge in [0.15, 0.2) is 0 Å². The summed E-state index contributed by atoms with van der Waals surface area (Å²) in [6.07, 6.45) is 0.996. The first-order valence-electron chi connectivity index (χ1n) is 6.03. The van der Waals surface area contributed by atoms with E-state index in [1.165, 1.54) is 4.68 Å². The Balaban J connectivity index is 1.93. The highest BCUT2D eigenvalue weighted by Crippen LogP contribution is 2.08. The molecule has 100 valence electrons. The van der Waals surface area contributed by atoms with Gasteiger partial charge in [-0.15, -0.1) is 5.10 Å². The van der Waals surface area contributed by atoms with Gasteiger partial charge in [0.2, 0.25) is 5.91 Å². The molecule has 2 atom stereocenters. The maximum Gasteiger partial charge on any atom is 0.244 e. The van der Waals surface area contributed by atoms with Crippen LogP contribution in [-0.2, 0) is 16.1 Å². The molecule has 7 heteroatoms. The fourth-order valence-corrected chi connectivity index (χ4v) is 1.87. The fourth-order valence-electron chi connectivity index (χ4n) is 1.87. The molecule has 0 radical (unpaired) electrons. The van der Waals surface area contributed by atoms with Crippen LogP contribution < -0.4 is 0 Å². The lowest BCUT2D eigenvalue weighted by molar-refractivity contribution is -0.139. The van der Waals surface area contributed by atoms with Gasteiger partial charge in [-0.3, -0.25) is 4.79 Å². The average molecular weight is 254 g/mol. The number of hydrogen-bond acceptors (Lipinski definition) is 5. The van der Waals surface area contributed by atoms with Crippen molar-refractivity contribution in [3.05, 3.63) is 11.9 Å². The van der Waals surface area contributed by atoms with Crippen LogP contribution in [0.25, 0.3) is 0 Å². The molecule has 1 aromatic heterocycles. The molecule has 2 rings (SSSR count). The second-order valence-corrected chi connectivity index (χ2v) is 4.54. The Morgan fingerprint density at radius 2 is 2.50 bits per heavy atom. The van der Waals surface area contributed by atoms with Crippen molar-refractivity contribution in [1.29, 1.82) is 0 Å². The van der Waals surface area contributed by atoms with E-state index in [2.05, 4.69) is 10.3 Å². The molecule has 1 aliphatic rings. The minimum absolute atomic E-state index is 0.00723. The Morgan fingerprint density at radius 1 is 1.72 bits per heavy atom. The molecule has 0 spiro atoms. The first kappa shape index (κ1) is 13.0. The molecule has 2 heterocycles. The van der Waals surface area contributed by atoms with E-state index in [1.807, 2.05) is 6.92 Å². The number of aliphatic hydroxyl groups is 1. The van der Waals surface area contributed by atoms with Crippen LogP contribution in [0.5, 0.6) is 0 Å². The summed E-state index contributed by atoms with van der Waals surface area (Å²) in [5, 5.41) is 16.9. The first-order valence-corrected chi connectivity index (χ1v) is 6.03. The van der Waals surface area contributed by atoms with Gasteiger partial charge in [-0.05, 0) is 13.8 Å². The summed E-state index contributed by atoms with van der Waals surface area (Å²) in [5.74, 6) is -0.00723. The van der Waals surface area contributed by atoms with Crippen molar-refractivity contribution in [3.8, 4) is 0 Å². The van der Waals surface area contributed by atoms with Crippen LogP contribution in [0.15, 0.2) is 6.20 Å². The number of carbonyl (C=O) groups is 1. The lowest BCUT2D eigenvalue weighted by Gasteiger charge is -2.31. The summed E-state index contributed by atoms with van der Waals surface area (Å²) in [6.45, 7) is 5.49. The molecular formula is C11H18N4O3. The van der Waals surface area contributed by atoms with Crippen LogP contribution in [0, 0.1) is 0 Å². The zero-order valence-corrected chi connectivity index (χ0v) is 10.6. The zero-order valence-electron chi connectivity index (χ0n) is 10.6. The Kier molecular flexibility index (Phi) is 3.93. The van der Waals surface area contributed by atoms with E-state index < -0.39 is 6.10 Å². The summed E-state index contributed by atoms with van der Waals surface area (Å²) < 4.78 is 6.83. The number of hydrogen-bond donors (Lipinski definition) is 1. The number of nitrogens with zero attached hydrogens (tertiary/aromatic N) is 4. The second-order valence-electron chi connectivity index (χ2n) is 4.54. The number of amides is 1. The minimum atomic E-state index is -0.669. The molecule has 0 bridgehead atoms. The quantitative estimate of drug-likeness (QED) is 0.792. The van der Waals surface area contributed by atoms with Crippen LogP contribution >= 0.6 is 0 Å². The topological polar surface area (TPSA) is 80.5 Å². The van der Waals surface area contributed by atoms with Crippen molar-refractivity contribution in [2.75, 3.05) is 19.7 Å². The molecule has 1 aromatic rings. The maximum absolute atomic E-state index is 12.0. The molecule has 0 aliphatic carbocycles. The molecule has 0 aromatic carbocycles. The van der Waals surface area contributed by atoms with Crippen molar-refractivity contribution in [2.45, 2.75) is 32.6 Å². The van der Waals surface area contributed by atoms with Crippen LogP contribution in [0.4, 0.5) is 0 Å². The van der Waals surface area contributed by atoms with Gasteiger partial charge in [-0.1, -0.05) is 5.21 Å². The van der Waals surface area contributed by atoms with Crippen molar-refractivity contribution in [1.82, 2.24) is 19.9 Å². The SMILES string of the molecule is CC1CN(C(=O)Cn2cc(C(C)O)nn2)CCO1. The summed E-state index contributed by atoms with van der Waals surface area (Å²) in [4.78, 5) is 13.8. The van der Waals surface area contributed by atoms with Gasteiger partial charge >= 0.3 is 0 Å². The highest BCUT2D eigenvalue weighted by atomic mass is 16.5. The lowest BCUT2D eigenvalue weighted by atomic mass is 10.3. The van der Waals surface area contributed by atoms with Crippen LogP contribution in [0.3, 0.4) is 0 Å². The van der Waals surface area contributed by atoms with Gasteiger partial charge < -0.3 is 14.7 Å². The molecule has 1 saturated heterocycles. The Morgan fingerprint density at radius 3 is 3.11 bits per heavy atom. The van der Waals surface area contributed by atoms with Gasteiger partial charge in [-0.25, -0.2) is 4.68 Å². The summed E-state index contributed by atoms with van der Waals surface area (Å²) in [7, 11) is 0. The van der Waals surface area contributed by atoms with Crippen molar-refractivity contribution in [2.24, 2.45) is 0 Å². The third kappa shape index (κ3) is 3.05. The van der Waals surface area contributed by atoms with Crippen molar-refractivity contribution < 1.29 is 14.6 Å². The van der Waals surface area contributed by atoms with Gasteiger partial charge in [0.05, 0.1) is 25.0 Å². The molecule has 0 saturated carbocycles. The zero-order chi connectivity index (χ0) is 13.1. The Bertz CT molecular complexity index is 418. The Hall–Kier alpha value is -1.47. The molecule has 1 aliphatic heterocycles. The molecule has 1 fully saturated rings. The van der Waals surface area contributed by atoms with Crippen LogP contribution in [0.2, 0.25) is 0 Å². The predicted molar refractivity (Wildman–Crippen MR) is 62.6 cm³/mol. The van der Waals surface area contributed by atoms with E-state index in [9.17, 15) is 9.90 Å². The monoisotopic (exact) mass is 254 g/mol.